The van der Waals surface area contributed by atoms with E-state index < -0.39 is 42.3 Å². The number of ether oxygens (including phenoxy) is 3. The quantitative estimate of drug-likeness (QED) is 0.151. The van der Waals surface area contributed by atoms with Gasteiger partial charge in [0.05, 0.1) is 11.9 Å². The lowest BCUT2D eigenvalue weighted by atomic mass is 10.1. The second-order valence-electron chi connectivity index (χ2n) is 8.67. The summed E-state index contributed by atoms with van der Waals surface area (Å²) in [5.74, 6) is -1.49. The molecule has 2 aromatic carbocycles. The fourth-order valence-electron chi connectivity index (χ4n) is 4.31. The Balaban J connectivity index is 1.43. The highest BCUT2D eigenvalue weighted by atomic mass is 16.6. The van der Waals surface area contributed by atoms with Gasteiger partial charge in [0.15, 0.2) is 29.3 Å². The Morgan fingerprint density at radius 2 is 1.75 bits per heavy atom. The van der Waals surface area contributed by atoms with E-state index in [9.17, 15) is 19.9 Å². The number of fused-ring (bicyclic) bond motifs is 1. The maximum atomic E-state index is 12.7. The molecule has 0 spiro atoms. The van der Waals surface area contributed by atoms with E-state index in [2.05, 4.69) is 30.3 Å². The van der Waals surface area contributed by atoms with Crippen molar-refractivity contribution in [3.8, 4) is 0 Å². The highest BCUT2D eigenvalue weighted by Gasteiger charge is 2.48. The third-order valence-corrected chi connectivity index (χ3v) is 6.09. The van der Waals surface area contributed by atoms with Gasteiger partial charge in [0, 0.05) is 17.4 Å². The average molecular weight is 543 g/mol. The second kappa shape index (κ2) is 11.6. The molecule has 5 rings (SSSR count). The molecule has 0 radical (unpaired) electrons. The Labute approximate surface area is 226 Å². The summed E-state index contributed by atoms with van der Waals surface area (Å²) >= 11 is 0. The smallest absolute Gasteiger partial charge is 0.338 e. The molecule has 1 saturated heterocycles. The van der Waals surface area contributed by atoms with Crippen LogP contribution in [0.2, 0.25) is 0 Å². The molecule has 1 aliphatic rings. The van der Waals surface area contributed by atoms with Gasteiger partial charge in [-0.15, -0.1) is 0 Å². The first-order valence-electron chi connectivity index (χ1n) is 12.1. The number of imidazole rings is 1. The van der Waals surface area contributed by atoms with Gasteiger partial charge < -0.3 is 19.5 Å². The maximum absolute atomic E-state index is 12.7. The van der Waals surface area contributed by atoms with Gasteiger partial charge in [-0.25, -0.2) is 19.7 Å². The van der Waals surface area contributed by atoms with E-state index in [1.165, 1.54) is 24.1 Å². The van der Waals surface area contributed by atoms with E-state index in [0.717, 1.165) is 0 Å². The molecule has 0 saturated carbocycles. The van der Waals surface area contributed by atoms with Crippen LogP contribution in [-0.4, -0.2) is 62.2 Å². The van der Waals surface area contributed by atoms with Gasteiger partial charge in [-0.2, -0.15) is 0 Å². The van der Waals surface area contributed by atoms with E-state index in [0.29, 0.717) is 11.1 Å². The van der Waals surface area contributed by atoms with Crippen molar-refractivity contribution in [3.63, 3.8) is 0 Å². The van der Waals surface area contributed by atoms with Crippen molar-refractivity contribution in [2.45, 2.75) is 31.4 Å². The molecule has 2 aromatic heterocycles. The molecule has 0 unspecified atom stereocenters. The fraction of sp³-hybridized carbons (Fsp3) is 0.231. The molecule has 4 aromatic rings. The number of aromatic nitrogens is 4. The van der Waals surface area contributed by atoms with Crippen molar-refractivity contribution in [3.05, 3.63) is 94.9 Å². The van der Waals surface area contributed by atoms with Gasteiger partial charge in [-0.3, -0.25) is 14.2 Å². The van der Waals surface area contributed by atoms with Gasteiger partial charge >= 0.3 is 11.9 Å². The van der Waals surface area contributed by atoms with E-state index in [1.54, 1.807) is 60.7 Å². The minimum absolute atomic E-state index is 0.152. The van der Waals surface area contributed by atoms with Crippen molar-refractivity contribution in [2.24, 2.45) is 5.11 Å². The molecular formula is C26H22N8O6. The van der Waals surface area contributed by atoms with E-state index in [1.807, 2.05) is 0 Å². The molecule has 14 nitrogen and oxygen atoms in total. The molecular weight excluding hydrogens is 520 g/mol. The van der Waals surface area contributed by atoms with Crippen LogP contribution < -0.4 is 5.32 Å². The number of hydrogen-bond donors (Lipinski definition) is 1. The summed E-state index contributed by atoms with van der Waals surface area (Å²) in [7, 11) is 0. The summed E-state index contributed by atoms with van der Waals surface area (Å²) in [6.07, 6.45) is -0.513. The number of anilines is 1. The maximum Gasteiger partial charge on any atom is 0.338 e. The van der Waals surface area contributed by atoms with Crippen LogP contribution in [0.3, 0.4) is 0 Å². The average Bonchev–Trinajstić information content (AvgIpc) is 3.54. The zero-order valence-electron chi connectivity index (χ0n) is 21.0. The number of nitrogens with one attached hydrogen (secondary N) is 1. The highest BCUT2D eigenvalue weighted by Crippen LogP contribution is 2.36. The summed E-state index contributed by atoms with van der Waals surface area (Å²) in [4.78, 5) is 52.9. The summed E-state index contributed by atoms with van der Waals surface area (Å²) in [6, 6.07) is 15.9. The first-order valence-corrected chi connectivity index (χ1v) is 12.1. The number of benzene rings is 2. The van der Waals surface area contributed by atoms with Crippen LogP contribution in [0.1, 0.15) is 33.9 Å². The van der Waals surface area contributed by atoms with Crippen LogP contribution in [0.25, 0.3) is 21.6 Å². The minimum atomic E-state index is -1.11. The standard InChI is InChI=1S/C26H22N8O6/c1-15(35)39-21-19(32-33-27)18(12-38-26(37)17-10-6-3-7-11-17)40-25(21)34-14-30-20-22(28-13-29-23(20)34)31-24(36)16-8-4-2-5-9-16/h2-11,13-14,18-19,21,25H,12H2,1H3,(H,28,29,31,36)/t18-,19-,21-,25-/m1/s1. The molecule has 1 amide bonds. The Kier molecular flexibility index (Phi) is 7.62. The van der Waals surface area contributed by atoms with Gasteiger partial charge in [-0.1, -0.05) is 41.5 Å². The number of rotatable bonds is 8. The van der Waals surface area contributed by atoms with Crippen molar-refractivity contribution in [1.82, 2.24) is 19.5 Å². The Hall–Kier alpha value is -5.33. The lowest BCUT2D eigenvalue weighted by Crippen LogP contribution is -2.36. The predicted molar refractivity (Wildman–Crippen MR) is 139 cm³/mol. The molecule has 4 atom stereocenters. The topological polar surface area (TPSA) is 183 Å². The number of hydrogen-bond acceptors (Lipinski definition) is 10. The van der Waals surface area contributed by atoms with Crippen LogP contribution in [0.4, 0.5) is 5.82 Å². The molecule has 3 heterocycles. The van der Waals surface area contributed by atoms with Crippen LogP contribution >= 0.6 is 0 Å². The van der Waals surface area contributed by atoms with Gasteiger partial charge in [-0.05, 0) is 29.8 Å². The molecule has 14 heteroatoms. The zero-order valence-corrected chi connectivity index (χ0v) is 21.0. The summed E-state index contributed by atoms with van der Waals surface area (Å²) in [6.45, 7) is 0.921. The Morgan fingerprint density at radius 1 is 1.05 bits per heavy atom. The van der Waals surface area contributed by atoms with Gasteiger partial charge in [0.2, 0.25) is 0 Å². The molecule has 1 aliphatic heterocycles. The van der Waals surface area contributed by atoms with Crippen LogP contribution in [0, 0.1) is 0 Å². The van der Waals surface area contributed by atoms with E-state index in [4.69, 9.17) is 14.2 Å². The third kappa shape index (κ3) is 5.43. The molecule has 0 bridgehead atoms. The molecule has 40 heavy (non-hydrogen) atoms. The highest BCUT2D eigenvalue weighted by molar-refractivity contribution is 6.06. The van der Waals surface area contributed by atoms with Crippen molar-refractivity contribution >= 4 is 34.8 Å². The Morgan fingerprint density at radius 3 is 2.42 bits per heavy atom. The first kappa shape index (κ1) is 26.3. The monoisotopic (exact) mass is 542 g/mol. The van der Waals surface area contributed by atoms with Crippen LogP contribution in [-0.2, 0) is 19.0 Å². The minimum Gasteiger partial charge on any atom is -0.459 e. The van der Waals surface area contributed by atoms with E-state index in [-0.39, 0.29) is 23.6 Å². The number of nitrogens with zero attached hydrogens (tertiary/aromatic N) is 7. The summed E-state index contributed by atoms with van der Waals surface area (Å²) < 4.78 is 18.5. The number of amides is 1. The number of azide groups is 1. The number of esters is 2. The SMILES string of the molecule is CC(=O)O[C@@H]1[C@H](N=[N+]=[N-])[C@@H](COC(=O)c2ccccc2)O[C@H]1n1cnc2c(NC(=O)c3ccccc3)ncnc21. The molecule has 0 aliphatic carbocycles. The molecule has 1 fully saturated rings. The fourth-order valence-corrected chi connectivity index (χ4v) is 4.31. The number of carbonyl (C=O) groups is 3. The second-order valence-corrected chi connectivity index (χ2v) is 8.67. The van der Waals surface area contributed by atoms with Gasteiger partial charge in [0.25, 0.3) is 5.91 Å². The van der Waals surface area contributed by atoms with Gasteiger partial charge in [0.1, 0.15) is 25.1 Å². The van der Waals surface area contributed by atoms with Crippen molar-refractivity contribution < 1.29 is 28.6 Å². The van der Waals surface area contributed by atoms with Crippen LogP contribution in [0.5, 0.6) is 0 Å². The Bertz CT molecular complexity index is 1590. The van der Waals surface area contributed by atoms with E-state index >= 15 is 0 Å². The normalized spacial score (nSPS) is 19.9. The lowest BCUT2D eigenvalue weighted by Gasteiger charge is -2.21. The zero-order chi connectivity index (χ0) is 28.1. The molecule has 1 N–H and O–H groups in total. The van der Waals surface area contributed by atoms with Crippen molar-refractivity contribution in [2.75, 3.05) is 11.9 Å². The predicted octanol–water partition coefficient (Wildman–Crippen LogP) is 3.44. The lowest BCUT2D eigenvalue weighted by molar-refractivity contribution is -0.152. The molecule has 202 valence electrons. The number of carbonyl (C=O) groups excluding carboxylic acids is 3. The summed E-state index contributed by atoms with van der Waals surface area (Å²) in [5, 5.41) is 6.50. The summed E-state index contributed by atoms with van der Waals surface area (Å²) in [5.41, 5.74) is 10.5. The third-order valence-electron chi connectivity index (χ3n) is 6.09. The largest absolute Gasteiger partial charge is 0.459 e. The van der Waals surface area contributed by atoms with Crippen molar-refractivity contribution in [1.29, 1.82) is 0 Å². The van der Waals surface area contributed by atoms with Crippen LogP contribution in [0.15, 0.2) is 78.4 Å². The first-order chi connectivity index (χ1) is 19.5.